The van der Waals surface area contributed by atoms with Gasteiger partial charge in [-0.2, -0.15) is 40.5 Å². The van der Waals surface area contributed by atoms with Crippen molar-refractivity contribution in [2.75, 3.05) is 130 Å². The molecular formula is C68H106ClN9O14S3. The first-order valence-electron chi connectivity index (χ1n) is 31.2. The maximum atomic E-state index is 12.4. The highest BCUT2D eigenvalue weighted by molar-refractivity contribution is 7.59. The fourth-order valence-electron chi connectivity index (χ4n) is 12.7. The summed E-state index contributed by atoms with van der Waals surface area (Å²) in [6.45, 7) is 19.7. The van der Waals surface area contributed by atoms with E-state index in [4.69, 9.17) is 52.1 Å². The number of aliphatic hydroxyl groups is 1. The largest absolute Gasteiger partial charge is 0.389 e. The smallest absolute Gasteiger partial charge is 0.255 e. The standard InChI is InChI=1S/C15H17N5O3.C14H17NO3.C14H19NO2.C12H17NO2.C6H11NO2.C4H6O2.3CH4.ClH.3H2S/c1-19-14(21)6-11(10-2-3-16-9-17-10)18-15(19)20-4-5-23-13-8-22-7-12(13)20;1-10(11-5-3-2-4-6-11)15-12-7-17-8-13(12)18-9-14(15)16;1-11(12-5-3-2-4-6-12)15-7-8-17-14-10-16-9-13(14)15;1-9(10-5-3-2-4-6-10)13-11-7-15-8-12(11)14;1-2-9-6-4-8-3-5(6)7-1;1-3-4(6-3)2-5-1;;;;;;;/h2-3,6,9,12-13H,4-5,7-8H2,1H3;2-6,10,12-13H,7-9H2,1H3;2-6,11,13-14H,7-10H2,1H3;2-6,9,11-14H,7-8H2,1H3;5-7H,1-4H2;3-4H,1-2H2;3*1H4;1H;3*1H2/t12-,13-;10-,12?,13?;11-,13-,14-;9-,11?,12?;5-,6-;;;;;;;;/m11111......../s1. The maximum absolute atomic E-state index is 12.4. The second-order valence-corrected chi connectivity index (χ2v) is 23.6. The van der Waals surface area contributed by atoms with Crippen LogP contribution in [-0.2, 0) is 63.9 Å². The van der Waals surface area contributed by atoms with Crippen LogP contribution in [0.1, 0.15) is 77.9 Å². The number of rotatable bonds is 9. The molecule has 27 heteroatoms. The van der Waals surface area contributed by atoms with Gasteiger partial charge in [0.05, 0.1) is 165 Å². The number of hydrogen-bond donors (Lipinski definition) is 3. The third-order valence-corrected chi connectivity index (χ3v) is 17.9. The number of amides is 1. The lowest BCUT2D eigenvalue weighted by molar-refractivity contribution is -0.156. The molecule has 532 valence electrons. The normalized spacial score (nSPS) is 28.6. The molecule has 2 aromatic heterocycles. The fraction of sp³-hybridized carbons (Fsp3) is 0.603. The Morgan fingerprint density at radius 2 is 1.09 bits per heavy atom. The molecule has 11 saturated heterocycles. The molecule has 95 heavy (non-hydrogen) atoms. The summed E-state index contributed by atoms with van der Waals surface area (Å²) in [4.78, 5) is 43.8. The van der Waals surface area contributed by atoms with Crippen molar-refractivity contribution in [2.24, 2.45) is 7.05 Å². The van der Waals surface area contributed by atoms with Crippen molar-refractivity contribution in [2.45, 2.75) is 134 Å². The number of nitrogens with one attached hydrogen (secondary N) is 2. The number of morpholine rings is 4. The van der Waals surface area contributed by atoms with Crippen LogP contribution in [0.15, 0.2) is 120 Å². The van der Waals surface area contributed by atoms with Gasteiger partial charge in [-0.15, -0.1) is 12.4 Å². The minimum Gasteiger partial charge on any atom is -0.389 e. The molecule has 0 radical (unpaired) electrons. The van der Waals surface area contributed by atoms with E-state index in [1.54, 1.807) is 23.9 Å². The number of aromatic nitrogens is 4. The van der Waals surface area contributed by atoms with Crippen molar-refractivity contribution in [3.63, 3.8) is 0 Å². The van der Waals surface area contributed by atoms with Crippen molar-refractivity contribution >= 4 is 64.7 Å². The van der Waals surface area contributed by atoms with Crippen LogP contribution in [0.3, 0.4) is 0 Å². The van der Waals surface area contributed by atoms with Gasteiger partial charge in [0, 0.05) is 51.0 Å². The lowest BCUT2D eigenvalue weighted by Crippen LogP contribution is -2.54. The average molecular weight is 1410 g/mol. The van der Waals surface area contributed by atoms with Gasteiger partial charge in [0.25, 0.3) is 5.56 Å². The van der Waals surface area contributed by atoms with Crippen molar-refractivity contribution in [1.29, 1.82) is 0 Å². The Morgan fingerprint density at radius 1 is 0.568 bits per heavy atom. The highest BCUT2D eigenvalue weighted by Gasteiger charge is 2.45. The molecule has 23 nitrogen and oxygen atoms in total. The molecular weight excluding hydrogens is 1300 g/mol. The number of fused-ring (bicyclic) bond motifs is 5. The number of hydrogen-bond acceptors (Lipinski definition) is 21. The topological polar surface area (TPSA) is 237 Å². The predicted octanol–water partition coefficient (Wildman–Crippen LogP) is 5.99. The van der Waals surface area contributed by atoms with E-state index >= 15 is 0 Å². The number of ether oxygens (including phenoxy) is 11. The second kappa shape index (κ2) is 41.3. The maximum Gasteiger partial charge on any atom is 0.255 e. The van der Waals surface area contributed by atoms with Gasteiger partial charge in [0.2, 0.25) is 11.9 Å². The van der Waals surface area contributed by atoms with E-state index in [2.05, 4.69) is 111 Å². The first kappa shape index (κ1) is 83.1. The molecule has 11 aliphatic rings. The molecule has 11 fully saturated rings. The van der Waals surface area contributed by atoms with Crippen LogP contribution in [-0.4, -0.2) is 239 Å². The first-order chi connectivity index (χ1) is 43.1. The Hall–Kier alpha value is -4.37. The Balaban J connectivity index is 0.000000247. The zero-order valence-electron chi connectivity index (χ0n) is 52.9. The highest BCUT2D eigenvalue weighted by atomic mass is 35.5. The van der Waals surface area contributed by atoms with Gasteiger partial charge in [-0.25, -0.2) is 15.0 Å². The number of nitrogens with zero attached hydrogens (tertiary/aromatic N) is 7. The minimum absolute atomic E-state index is 0. The zero-order valence-corrected chi connectivity index (χ0v) is 56.7. The third kappa shape index (κ3) is 21.8. The number of aliphatic hydroxyl groups excluding tert-OH is 1. The van der Waals surface area contributed by atoms with Crippen molar-refractivity contribution in [3.8, 4) is 11.4 Å². The van der Waals surface area contributed by atoms with Crippen LogP contribution in [0.2, 0.25) is 0 Å². The molecule has 11 aliphatic heterocycles. The monoisotopic (exact) mass is 1400 g/mol. The van der Waals surface area contributed by atoms with Crippen molar-refractivity contribution in [1.82, 2.24) is 40.0 Å². The summed E-state index contributed by atoms with van der Waals surface area (Å²) in [7, 11) is 1.73. The van der Waals surface area contributed by atoms with E-state index in [-0.39, 0.29) is 148 Å². The Bertz CT molecular complexity index is 2990. The summed E-state index contributed by atoms with van der Waals surface area (Å²) >= 11 is 0. The first-order valence-corrected chi connectivity index (χ1v) is 31.2. The molecule has 5 aromatic rings. The summed E-state index contributed by atoms with van der Waals surface area (Å²) in [5.74, 6) is 0.674. The van der Waals surface area contributed by atoms with Crippen LogP contribution in [0.5, 0.6) is 0 Å². The number of carbonyl (C=O) groups is 1. The molecule has 0 bridgehead atoms. The SMILES string of the molecule is C.C.C.C1CO[C@@H]2COC[C@H]2N1.C1OCC2OC12.C[C@@H](NC1COCC1O)c1ccccc1.C[C@H](c1ccccc1)N1C(=O)COC2COCC21.C[C@H](c1ccccc1)N1CCO[C@@H]2COC[C@H]21.Cl.Cn1c(N2CCO[C@@H]3COC[C@H]32)nc(-c2ccncn2)cc1=O.S.S.S. The van der Waals surface area contributed by atoms with E-state index in [1.807, 2.05) is 41.3 Å². The fourth-order valence-corrected chi connectivity index (χ4v) is 12.7. The van der Waals surface area contributed by atoms with E-state index in [0.29, 0.717) is 107 Å². The van der Waals surface area contributed by atoms with Gasteiger partial charge < -0.3 is 77.6 Å². The number of anilines is 1. The van der Waals surface area contributed by atoms with Crippen LogP contribution < -0.4 is 21.1 Å². The molecule has 13 heterocycles. The second-order valence-electron chi connectivity index (χ2n) is 23.6. The van der Waals surface area contributed by atoms with E-state index < -0.39 is 0 Å². The summed E-state index contributed by atoms with van der Waals surface area (Å²) in [5, 5.41) is 16.3. The summed E-state index contributed by atoms with van der Waals surface area (Å²) in [5.41, 5.74) is 4.82. The van der Waals surface area contributed by atoms with Gasteiger partial charge in [0.1, 0.15) is 37.4 Å². The Kier molecular flexibility index (Phi) is 36.1. The van der Waals surface area contributed by atoms with Gasteiger partial charge >= 0.3 is 0 Å². The molecule has 16 rings (SSSR count). The summed E-state index contributed by atoms with van der Waals surface area (Å²) in [6, 6.07) is 36.1. The number of halogens is 1. The quantitative estimate of drug-likeness (QED) is 0.144. The lowest BCUT2D eigenvalue weighted by atomic mass is 10.0. The summed E-state index contributed by atoms with van der Waals surface area (Å²) < 4.78 is 60.9. The molecule has 3 aromatic carbocycles. The van der Waals surface area contributed by atoms with Crippen LogP contribution in [0.4, 0.5) is 5.95 Å². The molecule has 6 unspecified atom stereocenters. The summed E-state index contributed by atoms with van der Waals surface area (Å²) in [6.07, 6.45) is 4.36. The van der Waals surface area contributed by atoms with Crippen LogP contribution >= 0.6 is 52.9 Å². The van der Waals surface area contributed by atoms with E-state index in [9.17, 15) is 14.7 Å². The van der Waals surface area contributed by atoms with Gasteiger partial charge in [0.15, 0.2) is 0 Å². The van der Waals surface area contributed by atoms with Crippen LogP contribution in [0.25, 0.3) is 11.4 Å². The van der Waals surface area contributed by atoms with Crippen molar-refractivity contribution in [3.05, 3.63) is 143 Å². The van der Waals surface area contributed by atoms with E-state index in [1.165, 1.54) is 23.5 Å². The van der Waals surface area contributed by atoms with Gasteiger partial charge in [-0.05, 0) is 43.5 Å². The minimum atomic E-state index is -0.379. The predicted molar refractivity (Wildman–Crippen MR) is 383 cm³/mol. The number of benzene rings is 3. The number of epoxide rings is 1. The lowest BCUT2D eigenvalue weighted by Gasteiger charge is -2.40. The van der Waals surface area contributed by atoms with Crippen molar-refractivity contribution < 1.29 is 62.0 Å². The molecule has 0 aliphatic carbocycles. The Labute approximate surface area is 589 Å². The zero-order chi connectivity index (χ0) is 60.8. The average Bonchev–Trinajstić information content (AvgIpc) is 1.76. The third-order valence-electron chi connectivity index (χ3n) is 17.9. The molecule has 0 saturated carbocycles. The molecule has 3 N–H and O–H groups in total. The molecule has 15 atom stereocenters. The molecule has 1 amide bonds. The highest BCUT2D eigenvalue weighted by Crippen LogP contribution is 2.33. The molecule has 0 spiro atoms. The van der Waals surface area contributed by atoms with Gasteiger partial charge in [-0.1, -0.05) is 113 Å². The van der Waals surface area contributed by atoms with Gasteiger partial charge in [-0.3, -0.25) is 19.1 Å². The Morgan fingerprint density at radius 3 is 1.67 bits per heavy atom. The number of carbonyl (C=O) groups excluding carboxylic acids is 1. The van der Waals surface area contributed by atoms with E-state index in [0.717, 1.165) is 71.5 Å². The van der Waals surface area contributed by atoms with Crippen LogP contribution in [0, 0.1) is 0 Å².